The van der Waals surface area contributed by atoms with Crippen LogP contribution in [0.1, 0.15) is 31.0 Å². The van der Waals surface area contributed by atoms with Gasteiger partial charge in [0, 0.05) is 38.2 Å². The molecule has 4 aromatic rings. The molecule has 2 aromatic heterocycles. The molecule has 4 heterocycles. The van der Waals surface area contributed by atoms with E-state index in [1.807, 2.05) is 66.2 Å². The summed E-state index contributed by atoms with van der Waals surface area (Å²) in [5.41, 5.74) is 9.43. The van der Waals surface area contributed by atoms with Crippen LogP contribution in [0.5, 0.6) is 11.5 Å². The smallest absolute Gasteiger partial charge is 0.245 e. The van der Waals surface area contributed by atoms with Gasteiger partial charge in [0.15, 0.2) is 0 Å². The molecule has 2 fully saturated rings. The maximum atomic E-state index is 13.3. The van der Waals surface area contributed by atoms with E-state index in [0.717, 1.165) is 29.7 Å². The SMILES string of the molecule is C=CC(=O)N1CCC(C#Cc2c(-c3ccc(Oc4ccccc4)cc3)c3c(N)ncnc3n2C2CCN(C)C2=O)CC1. The van der Waals surface area contributed by atoms with Crippen molar-refractivity contribution in [2.75, 3.05) is 32.4 Å². The van der Waals surface area contributed by atoms with Crippen LogP contribution >= 0.6 is 0 Å². The average Bonchev–Trinajstić information content (AvgIpc) is 3.53. The average molecular weight is 561 g/mol. The number of aromatic nitrogens is 3. The number of fused-ring (bicyclic) bond motifs is 1. The first-order chi connectivity index (χ1) is 20.4. The summed E-state index contributed by atoms with van der Waals surface area (Å²) in [4.78, 5) is 37.8. The van der Waals surface area contributed by atoms with E-state index in [0.29, 0.717) is 54.3 Å². The molecular weight excluding hydrogens is 528 g/mol. The number of nitrogens with zero attached hydrogens (tertiary/aromatic N) is 5. The standard InChI is InChI=1S/C33H32N6O3/c1-3-28(40)38-19-15-22(16-20-38)9-14-26-29(23-10-12-25(13-11-23)42-24-7-5-4-6-8-24)30-31(34)35-21-36-32(30)39(26)27-17-18-37(2)33(27)41/h3-8,10-13,21-22,27H,1,15-20H2,2H3,(H2,34,35,36). The number of carbonyl (C=O) groups is 2. The number of rotatable bonds is 5. The van der Waals surface area contributed by atoms with E-state index in [1.165, 1.54) is 12.4 Å². The molecular formula is C33H32N6O3. The molecule has 9 heteroatoms. The molecule has 1 unspecified atom stereocenters. The fraction of sp³-hybridized carbons (Fsp3) is 0.273. The van der Waals surface area contributed by atoms with E-state index in [1.54, 1.807) is 9.80 Å². The second-order valence-electron chi connectivity index (χ2n) is 10.6. The van der Waals surface area contributed by atoms with Gasteiger partial charge in [0.05, 0.1) is 5.39 Å². The van der Waals surface area contributed by atoms with Crippen LogP contribution in [0.2, 0.25) is 0 Å². The molecule has 0 spiro atoms. The number of amides is 2. The second-order valence-corrected chi connectivity index (χ2v) is 10.6. The molecule has 42 heavy (non-hydrogen) atoms. The Morgan fingerprint density at radius 2 is 1.74 bits per heavy atom. The van der Waals surface area contributed by atoms with Crippen LogP contribution in [0, 0.1) is 17.8 Å². The lowest BCUT2D eigenvalue weighted by molar-refractivity contribution is -0.129. The van der Waals surface area contributed by atoms with Gasteiger partial charge < -0.3 is 24.8 Å². The molecule has 9 nitrogen and oxygen atoms in total. The molecule has 0 bridgehead atoms. The molecule has 2 aliphatic heterocycles. The van der Waals surface area contributed by atoms with E-state index in [2.05, 4.69) is 28.4 Å². The third kappa shape index (κ3) is 5.07. The van der Waals surface area contributed by atoms with Crippen molar-refractivity contribution < 1.29 is 14.3 Å². The summed E-state index contributed by atoms with van der Waals surface area (Å²) in [6, 6.07) is 16.9. The first-order valence-electron chi connectivity index (χ1n) is 14.1. The van der Waals surface area contributed by atoms with Crippen LogP contribution in [-0.4, -0.2) is 62.8 Å². The van der Waals surface area contributed by atoms with Crippen molar-refractivity contribution in [3.63, 3.8) is 0 Å². The van der Waals surface area contributed by atoms with Crippen molar-refractivity contribution in [3.8, 4) is 34.5 Å². The van der Waals surface area contributed by atoms with Gasteiger partial charge in [0.1, 0.15) is 41.0 Å². The molecule has 2 saturated heterocycles. The number of para-hydroxylation sites is 1. The van der Waals surface area contributed by atoms with E-state index in [4.69, 9.17) is 10.5 Å². The number of benzene rings is 2. The molecule has 2 N–H and O–H groups in total. The third-order valence-corrected chi connectivity index (χ3v) is 8.02. The van der Waals surface area contributed by atoms with Gasteiger partial charge in [0.25, 0.3) is 0 Å². The van der Waals surface area contributed by atoms with Crippen LogP contribution in [0.3, 0.4) is 0 Å². The molecule has 0 saturated carbocycles. The number of nitrogen functional groups attached to an aromatic ring is 1. The van der Waals surface area contributed by atoms with Gasteiger partial charge in [-0.05, 0) is 61.1 Å². The Bertz CT molecular complexity index is 1710. The van der Waals surface area contributed by atoms with Crippen molar-refractivity contribution in [2.24, 2.45) is 5.92 Å². The maximum Gasteiger partial charge on any atom is 0.245 e. The summed E-state index contributed by atoms with van der Waals surface area (Å²) in [6.45, 7) is 5.51. The first-order valence-corrected chi connectivity index (χ1v) is 14.1. The predicted octanol–water partition coefficient (Wildman–Crippen LogP) is 4.65. The monoisotopic (exact) mass is 560 g/mol. The van der Waals surface area contributed by atoms with Gasteiger partial charge >= 0.3 is 0 Å². The Morgan fingerprint density at radius 3 is 2.40 bits per heavy atom. The van der Waals surface area contributed by atoms with Crippen LogP contribution in [0.4, 0.5) is 5.82 Å². The topological polar surface area (TPSA) is 107 Å². The molecule has 0 radical (unpaired) electrons. The van der Waals surface area contributed by atoms with Crippen molar-refractivity contribution in [3.05, 3.63) is 79.3 Å². The van der Waals surface area contributed by atoms with Crippen molar-refractivity contribution in [2.45, 2.75) is 25.3 Å². The lowest BCUT2D eigenvalue weighted by Gasteiger charge is -2.28. The van der Waals surface area contributed by atoms with Crippen LogP contribution < -0.4 is 10.5 Å². The van der Waals surface area contributed by atoms with Crippen LogP contribution in [0.15, 0.2) is 73.6 Å². The van der Waals surface area contributed by atoms with Crippen LogP contribution in [-0.2, 0) is 9.59 Å². The number of anilines is 1. The highest BCUT2D eigenvalue weighted by Crippen LogP contribution is 2.41. The maximum absolute atomic E-state index is 13.3. The second kappa shape index (κ2) is 11.4. The minimum Gasteiger partial charge on any atom is -0.457 e. The largest absolute Gasteiger partial charge is 0.457 e. The number of nitrogens with two attached hydrogens (primary N) is 1. The molecule has 1 atom stereocenters. The predicted molar refractivity (Wildman–Crippen MR) is 162 cm³/mol. The Hall–Kier alpha value is -5.10. The summed E-state index contributed by atoms with van der Waals surface area (Å²) in [6.07, 6.45) is 4.96. The summed E-state index contributed by atoms with van der Waals surface area (Å²) >= 11 is 0. The quantitative estimate of drug-likeness (QED) is 0.281. The molecule has 0 aliphatic carbocycles. The zero-order valence-corrected chi connectivity index (χ0v) is 23.5. The lowest BCUT2D eigenvalue weighted by atomic mass is 9.96. The highest BCUT2D eigenvalue weighted by molar-refractivity contribution is 6.04. The number of ether oxygens (including phenoxy) is 1. The van der Waals surface area contributed by atoms with Gasteiger partial charge in [-0.1, -0.05) is 42.8 Å². The van der Waals surface area contributed by atoms with Gasteiger partial charge in [-0.25, -0.2) is 9.97 Å². The minimum absolute atomic E-state index is 0.0153. The number of likely N-dealkylation sites (tertiary alicyclic amines) is 2. The number of hydrogen-bond acceptors (Lipinski definition) is 6. The fourth-order valence-electron chi connectivity index (χ4n) is 5.77. The number of likely N-dealkylation sites (N-methyl/N-ethyl adjacent to an activating group) is 1. The third-order valence-electron chi connectivity index (χ3n) is 8.02. The highest BCUT2D eigenvalue weighted by Gasteiger charge is 2.35. The van der Waals surface area contributed by atoms with Gasteiger partial charge in [-0.15, -0.1) is 0 Å². The number of piperidine rings is 1. The van der Waals surface area contributed by atoms with Gasteiger partial charge in [-0.3, -0.25) is 9.59 Å². The van der Waals surface area contributed by atoms with Gasteiger partial charge in [-0.2, -0.15) is 0 Å². The Balaban J connectivity index is 1.45. The molecule has 212 valence electrons. The van der Waals surface area contributed by atoms with E-state index >= 15 is 0 Å². The zero-order chi connectivity index (χ0) is 29.2. The lowest BCUT2D eigenvalue weighted by Crippen LogP contribution is -2.37. The zero-order valence-electron chi connectivity index (χ0n) is 23.5. The first kappa shape index (κ1) is 27.1. The normalized spacial score (nSPS) is 17.3. The summed E-state index contributed by atoms with van der Waals surface area (Å²) in [7, 11) is 1.81. The van der Waals surface area contributed by atoms with Crippen molar-refractivity contribution in [1.29, 1.82) is 0 Å². The Kier molecular flexibility index (Phi) is 7.36. The Labute approximate surface area is 244 Å². The Morgan fingerprint density at radius 1 is 1.02 bits per heavy atom. The molecule has 2 aromatic carbocycles. The highest BCUT2D eigenvalue weighted by atomic mass is 16.5. The van der Waals surface area contributed by atoms with Crippen LogP contribution in [0.25, 0.3) is 22.2 Å². The van der Waals surface area contributed by atoms with E-state index < -0.39 is 6.04 Å². The molecule has 2 aliphatic rings. The molecule has 6 rings (SSSR count). The van der Waals surface area contributed by atoms with Crippen molar-refractivity contribution >= 4 is 28.7 Å². The van der Waals surface area contributed by atoms with Crippen molar-refractivity contribution in [1.82, 2.24) is 24.3 Å². The summed E-state index contributed by atoms with van der Waals surface area (Å²) < 4.78 is 7.97. The number of hydrogen-bond donors (Lipinski definition) is 1. The fourth-order valence-corrected chi connectivity index (χ4v) is 5.77. The minimum atomic E-state index is -0.447. The van der Waals surface area contributed by atoms with E-state index in [9.17, 15) is 9.59 Å². The summed E-state index contributed by atoms with van der Waals surface area (Å²) in [5.74, 6) is 8.76. The summed E-state index contributed by atoms with van der Waals surface area (Å²) in [5, 5.41) is 0.673. The number of carbonyl (C=O) groups excluding carboxylic acids is 2. The van der Waals surface area contributed by atoms with E-state index in [-0.39, 0.29) is 17.7 Å². The molecule has 2 amide bonds. The van der Waals surface area contributed by atoms with Gasteiger partial charge in [0.2, 0.25) is 11.8 Å².